The molecule has 0 saturated carbocycles. The van der Waals surface area contributed by atoms with Crippen molar-refractivity contribution in [1.29, 1.82) is 0 Å². The number of pyridine rings is 1. The molecule has 1 aliphatic heterocycles. The number of fused-ring (bicyclic) bond motifs is 1. The van der Waals surface area contributed by atoms with Crippen molar-refractivity contribution in [2.24, 2.45) is 0 Å². The first-order chi connectivity index (χ1) is 12.1. The van der Waals surface area contributed by atoms with Gasteiger partial charge in [-0.25, -0.2) is 9.67 Å². The maximum absolute atomic E-state index is 13.1. The molecule has 25 heavy (non-hydrogen) atoms. The van der Waals surface area contributed by atoms with Crippen LogP contribution in [0.15, 0.2) is 35.1 Å². The van der Waals surface area contributed by atoms with E-state index in [0.717, 1.165) is 5.39 Å². The van der Waals surface area contributed by atoms with Crippen LogP contribution >= 0.6 is 0 Å². The van der Waals surface area contributed by atoms with E-state index in [0.29, 0.717) is 49.0 Å². The largest absolute Gasteiger partial charge is 0.463 e. The molecule has 0 atom stereocenters. The van der Waals surface area contributed by atoms with Gasteiger partial charge in [0, 0.05) is 19.1 Å². The number of ether oxygens (including phenoxy) is 1. The fourth-order valence-electron chi connectivity index (χ4n) is 3.06. The summed E-state index contributed by atoms with van der Waals surface area (Å²) in [5.74, 6) is 0.612. The number of carbonyl (C=O) groups is 1. The summed E-state index contributed by atoms with van der Waals surface area (Å²) < 4.78 is 12.7. The fraction of sp³-hybridized carbons (Fsp3) is 0.389. The van der Waals surface area contributed by atoms with Crippen LogP contribution in [0.1, 0.15) is 30.2 Å². The molecule has 130 valence electrons. The van der Waals surface area contributed by atoms with Gasteiger partial charge < -0.3 is 14.1 Å². The summed E-state index contributed by atoms with van der Waals surface area (Å²) in [5, 5.41) is 5.20. The van der Waals surface area contributed by atoms with Crippen LogP contribution in [0.3, 0.4) is 0 Å². The predicted octanol–water partition coefficient (Wildman–Crippen LogP) is 2.74. The van der Waals surface area contributed by atoms with Gasteiger partial charge in [-0.2, -0.15) is 5.10 Å². The molecule has 0 bridgehead atoms. The minimum Gasteiger partial charge on any atom is -0.463 e. The van der Waals surface area contributed by atoms with Gasteiger partial charge in [0.15, 0.2) is 11.4 Å². The van der Waals surface area contributed by atoms with Crippen molar-refractivity contribution in [3.05, 3.63) is 36.2 Å². The van der Waals surface area contributed by atoms with E-state index in [1.165, 1.54) is 0 Å². The highest BCUT2D eigenvalue weighted by molar-refractivity contribution is 6.06. The summed E-state index contributed by atoms with van der Waals surface area (Å²) in [4.78, 5) is 19.6. The summed E-state index contributed by atoms with van der Waals surface area (Å²) in [7, 11) is 0. The minimum absolute atomic E-state index is 0.0215. The van der Waals surface area contributed by atoms with E-state index in [4.69, 9.17) is 14.1 Å². The Kier molecular flexibility index (Phi) is 4.01. The van der Waals surface area contributed by atoms with Gasteiger partial charge >= 0.3 is 0 Å². The van der Waals surface area contributed by atoms with Crippen LogP contribution in [0.2, 0.25) is 0 Å². The molecule has 7 heteroatoms. The van der Waals surface area contributed by atoms with Crippen LogP contribution in [0, 0.1) is 0 Å². The second-order valence-electron chi connectivity index (χ2n) is 6.36. The number of furan rings is 1. The summed E-state index contributed by atoms with van der Waals surface area (Å²) >= 11 is 0. The molecule has 1 fully saturated rings. The van der Waals surface area contributed by atoms with Gasteiger partial charge in [0.25, 0.3) is 5.91 Å². The molecule has 0 spiro atoms. The Morgan fingerprint density at radius 3 is 2.76 bits per heavy atom. The number of rotatable bonds is 3. The lowest BCUT2D eigenvalue weighted by molar-refractivity contribution is 0.0304. The first-order valence-corrected chi connectivity index (χ1v) is 8.44. The molecular formula is C18H20N4O3. The maximum atomic E-state index is 13.1. The van der Waals surface area contributed by atoms with Crippen molar-refractivity contribution in [3.63, 3.8) is 0 Å². The van der Waals surface area contributed by atoms with Crippen LogP contribution < -0.4 is 0 Å². The van der Waals surface area contributed by atoms with E-state index >= 15 is 0 Å². The second-order valence-corrected chi connectivity index (χ2v) is 6.36. The van der Waals surface area contributed by atoms with Crippen LogP contribution in [0.5, 0.6) is 0 Å². The Bertz CT molecular complexity index is 893. The number of carbonyl (C=O) groups excluding carboxylic acids is 1. The lowest BCUT2D eigenvalue weighted by Gasteiger charge is -2.27. The highest BCUT2D eigenvalue weighted by Gasteiger charge is 2.24. The lowest BCUT2D eigenvalue weighted by atomic mass is 10.1. The number of morpholine rings is 1. The van der Waals surface area contributed by atoms with Crippen LogP contribution in [0.4, 0.5) is 0 Å². The highest BCUT2D eigenvalue weighted by Crippen LogP contribution is 2.27. The lowest BCUT2D eigenvalue weighted by Crippen LogP contribution is -2.40. The normalized spacial score (nSPS) is 15.2. The molecule has 3 aromatic rings. The van der Waals surface area contributed by atoms with E-state index in [1.54, 1.807) is 18.5 Å². The fourth-order valence-corrected chi connectivity index (χ4v) is 3.06. The summed E-state index contributed by atoms with van der Waals surface area (Å²) in [6, 6.07) is 5.59. The van der Waals surface area contributed by atoms with E-state index in [9.17, 15) is 4.79 Å². The molecule has 7 nitrogen and oxygen atoms in total. The van der Waals surface area contributed by atoms with Gasteiger partial charge in [0.2, 0.25) is 0 Å². The van der Waals surface area contributed by atoms with E-state index in [1.807, 2.05) is 35.6 Å². The SMILES string of the molecule is CC(C)n1ncc2c(C(=O)N3CCOCC3)cc(-c3ccco3)nc21. The van der Waals surface area contributed by atoms with E-state index in [-0.39, 0.29) is 11.9 Å². The van der Waals surface area contributed by atoms with Crippen molar-refractivity contribution in [2.45, 2.75) is 19.9 Å². The molecule has 0 unspecified atom stereocenters. The minimum atomic E-state index is -0.0215. The van der Waals surface area contributed by atoms with E-state index < -0.39 is 0 Å². The van der Waals surface area contributed by atoms with Crippen molar-refractivity contribution in [3.8, 4) is 11.5 Å². The maximum Gasteiger partial charge on any atom is 0.254 e. The third kappa shape index (κ3) is 2.80. The topological polar surface area (TPSA) is 73.4 Å². The summed E-state index contributed by atoms with van der Waals surface area (Å²) in [5.41, 5.74) is 1.93. The molecule has 0 aromatic carbocycles. The third-order valence-corrected chi connectivity index (χ3v) is 4.36. The molecule has 1 aliphatic rings. The number of hydrogen-bond acceptors (Lipinski definition) is 5. The molecule has 1 amide bonds. The summed E-state index contributed by atoms with van der Waals surface area (Å²) in [6.07, 6.45) is 3.33. The Morgan fingerprint density at radius 1 is 1.28 bits per heavy atom. The van der Waals surface area contributed by atoms with Gasteiger partial charge in [-0.05, 0) is 32.0 Å². The number of aromatic nitrogens is 3. The molecule has 0 aliphatic carbocycles. The first-order valence-electron chi connectivity index (χ1n) is 8.44. The highest BCUT2D eigenvalue weighted by atomic mass is 16.5. The standard InChI is InChI=1S/C18H20N4O3/c1-12(2)22-17-14(11-19-22)13(18(23)21-5-8-24-9-6-21)10-15(20-17)16-4-3-7-25-16/h3-4,7,10-12H,5-6,8-9H2,1-2H3. The molecule has 4 rings (SSSR count). The number of amides is 1. The van der Waals surface area contributed by atoms with Crippen LogP contribution in [0.25, 0.3) is 22.5 Å². The molecular weight excluding hydrogens is 320 g/mol. The Morgan fingerprint density at radius 2 is 2.08 bits per heavy atom. The number of nitrogens with zero attached hydrogens (tertiary/aromatic N) is 4. The van der Waals surface area contributed by atoms with Crippen molar-refractivity contribution in [2.75, 3.05) is 26.3 Å². The Balaban J connectivity index is 1.88. The zero-order chi connectivity index (χ0) is 17.4. The van der Waals surface area contributed by atoms with Crippen molar-refractivity contribution in [1.82, 2.24) is 19.7 Å². The molecule has 0 N–H and O–H groups in total. The molecule has 1 saturated heterocycles. The van der Waals surface area contributed by atoms with Crippen molar-refractivity contribution >= 4 is 16.9 Å². The molecule has 4 heterocycles. The van der Waals surface area contributed by atoms with Gasteiger partial charge in [-0.15, -0.1) is 0 Å². The van der Waals surface area contributed by atoms with Crippen LogP contribution in [-0.4, -0.2) is 51.9 Å². The average molecular weight is 340 g/mol. The monoisotopic (exact) mass is 340 g/mol. The first kappa shape index (κ1) is 15.8. The second kappa shape index (κ2) is 6.33. The van der Waals surface area contributed by atoms with E-state index in [2.05, 4.69) is 5.10 Å². The summed E-state index contributed by atoms with van der Waals surface area (Å²) in [6.45, 7) is 6.40. The molecule has 3 aromatic heterocycles. The van der Waals surface area contributed by atoms with Gasteiger partial charge in [0.1, 0.15) is 5.69 Å². The predicted molar refractivity (Wildman–Crippen MR) is 92.3 cm³/mol. The van der Waals surface area contributed by atoms with Gasteiger partial charge in [0.05, 0.1) is 36.6 Å². The van der Waals surface area contributed by atoms with Gasteiger partial charge in [-0.1, -0.05) is 0 Å². The number of hydrogen-bond donors (Lipinski definition) is 0. The zero-order valence-electron chi connectivity index (χ0n) is 14.3. The van der Waals surface area contributed by atoms with Gasteiger partial charge in [-0.3, -0.25) is 4.79 Å². The van der Waals surface area contributed by atoms with Crippen LogP contribution in [-0.2, 0) is 4.74 Å². The Hall–Kier alpha value is -2.67. The third-order valence-electron chi connectivity index (χ3n) is 4.36. The average Bonchev–Trinajstić information content (AvgIpc) is 3.30. The Labute approximate surface area is 145 Å². The van der Waals surface area contributed by atoms with Crippen molar-refractivity contribution < 1.29 is 13.9 Å². The quantitative estimate of drug-likeness (QED) is 0.733. The zero-order valence-corrected chi connectivity index (χ0v) is 14.3. The molecule has 0 radical (unpaired) electrons. The smallest absolute Gasteiger partial charge is 0.254 e.